The third-order valence-corrected chi connectivity index (χ3v) is 7.92. The second-order valence-electron chi connectivity index (χ2n) is 9.88. The number of hydrogen-bond donors (Lipinski definition) is 3. The Hall–Kier alpha value is -3.38. The van der Waals surface area contributed by atoms with E-state index in [4.69, 9.17) is 43.6 Å². The van der Waals surface area contributed by atoms with E-state index in [0.29, 0.717) is 67.5 Å². The number of primary amides is 1. The largest absolute Gasteiger partial charge is 0.453 e. The highest BCUT2D eigenvalue weighted by molar-refractivity contribution is 6.39. The SMILES string of the molecule is COC(=O)N1CCCC(Nc2ncc3nc(Nc4c(Cl)cc(F)cc4Cl)n([C@H]4CC[C@@H](C(N)=O)CC4)c3n2)C1. The van der Waals surface area contributed by atoms with E-state index in [1.807, 2.05) is 4.57 Å². The molecule has 11 nitrogen and oxygen atoms in total. The number of carbonyl (C=O) groups is 2. The van der Waals surface area contributed by atoms with Gasteiger partial charge in [-0.15, -0.1) is 0 Å². The number of fused-ring (bicyclic) bond motifs is 1. The van der Waals surface area contributed by atoms with Gasteiger partial charge in [0.2, 0.25) is 17.8 Å². The Morgan fingerprint density at radius 2 is 1.85 bits per heavy atom. The van der Waals surface area contributed by atoms with Crippen molar-refractivity contribution in [3.8, 4) is 0 Å². The number of rotatable bonds is 6. The van der Waals surface area contributed by atoms with Gasteiger partial charge in [0.05, 0.1) is 29.0 Å². The van der Waals surface area contributed by atoms with Crippen molar-refractivity contribution in [1.29, 1.82) is 0 Å². The highest BCUT2D eigenvalue weighted by Gasteiger charge is 2.30. The molecule has 2 aliphatic rings. The predicted molar refractivity (Wildman–Crippen MR) is 146 cm³/mol. The van der Waals surface area contributed by atoms with Gasteiger partial charge in [-0.1, -0.05) is 23.2 Å². The standard InChI is InChI=1S/C25H29Cl2FN8O3/c1-39-25(38)35-8-2-3-15(12-35)31-23-30-11-19-22(34-23)36(16-6-4-13(5-7-16)21(29)37)24(32-19)33-20-17(26)9-14(28)10-18(20)27/h9-11,13,15-16H,2-8,12H2,1H3,(H2,29,37)(H,32,33)(H,30,31,34)/t13-,15?,16+. The van der Waals surface area contributed by atoms with Crippen LogP contribution in [0.2, 0.25) is 10.0 Å². The average Bonchev–Trinajstić information content (AvgIpc) is 3.27. The first kappa shape index (κ1) is 27.2. The van der Waals surface area contributed by atoms with E-state index in [9.17, 15) is 14.0 Å². The number of imidazole rings is 1. The summed E-state index contributed by atoms with van der Waals surface area (Å²) < 4.78 is 20.6. The maximum absolute atomic E-state index is 13.8. The van der Waals surface area contributed by atoms with Gasteiger partial charge in [-0.3, -0.25) is 9.36 Å². The molecule has 1 atom stereocenters. The van der Waals surface area contributed by atoms with Crippen LogP contribution in [0.5, 0.6) is 0 Å². The number of nitrogens with zero attached hydrogens (tertiary/aromatic N) is 5. The molecule has 1 unspecified atom stereocenters. The number of likely N-dealkylation sites (tertiary alicyclic amines) is 1. The van der Waals surface area contributed by atoms with Gasteiger partial charge in [0.1, 0.15) is 11.3 Å². The highest BCUT2D eigenvalue weighted by Crippen LogP contribution is 2.39. The van der Waals surface area contributed by atoms with Crippen LogP contribution in [0.25, 0.3) is 11.2 Å². The Kier molecular flexibility index (Phi) is 7.94. The molecule has 5 rings (SSSR count). The van der Waals surface area contributed by atoms with Crippen molar-refractivity contribution in [2.75, 3.05) is 30.8 Å². The van der Waals surface area contributed by atoms with Crippen LogP contribution in [0, 0.1) is 11.7 Å². The molecule has 0 radical (unpaired) electrons. The molecule has 1 aliphatic carbocycles. The molecule has 0 bridgehead atoms. The fourth-order valence-corrected chi connectivity index (χ4v) is 5.91. The zero-order valence-corrected chi connectivity index (χ0v) is 22.8. The Morgan fingerprint density at radius 1 is 1.13 bits per heavy atom. The van der Waals surface area contributed by atoms with Crippen molar-refractivity contribution < 1.29 is 18.7 Å². The molecular formula is C25H29Cl2FN8O3. The van der Waals surface area contributed by atoms with Crippen LogP contribution in [-0.2, 0) is 9.53 Å². The van der Waals surface area contributed by atoms with Gasteiger partial charge in [0.15, 0.2) is 5.65 Å². The van der Waals surface area contributed by atoms with Crippen molar-refractivity contribution in [3.05, 3.63) is 34.2 Å². The molecule has 1 saturated heterocycles. The third kappa shape index (κ3) is 5.81. The summed E-state index contributed by atoms with van der Waals surface area (Å²) in [5, 5.41) is 6.72. The Bertz CT molecular complexity index is 1370. The molecule has 2 amide bonds. The minimum absolute atomic E-state index is 0.0432. The van der Waals surface area contributed by atoms with Crippen LogP contribution in [0.1, 0.15) is 44.6 Å². The van der Waals surface area contributed by atoms with Gasteiger partial charge in [0, 0.05) is 31.1 Å². The van der Waals surface area contributed by atoms with Crippen LogP contribution >= 0.6 is 23.2 Å². The zero-order valence-electron chi connectivity index (χ0n) is 21.3. The number of benzene rings is 1. The van der Waals surface area contributed by atoms with Gasteiger partial charge >= 0.3 is 6.09 Å². The van der Waals surface area contributed by atoms with Crippen molar-refractivity contribution in [3.63, 3.8) is 0 Å². The lowest BCUT2D eigenvalue weighted by atomic mass is 9.85. The minimum Gasteiger partial charge on any atom is -0.453 e. The fraction of sp³-hybridized carbons (Fsp3) is 0.480. The van der Waals surface area contributed by atoms with Crippen LogP contribution in [0.3, 0.4) is 0 Å². The number of amides is 2. The normalized spacial score (nSPS) is 21.5. The van der Waals surface area contributed by atoms with E-state index in [1.54, 1.807) is 11.1 Å². The lowest BCUT2D eigenvalue weighted by Gasteiger charge is -2.32. The quantitative estimate of drug-likeness (QED) is 0.376. The van der Waals surface area contributed by atoms with E-state index in [1.165, 1.54) is 19.2 Å². The number of hydrogen-bond acceptors (Lipinski definition) is 8. The predicted octanol–water partition coefficient (Wildman–Crippen LogP) is 4.88. The maximum Gasteiger partial charge on any atom is 0.409 e. The first-order valence-electron chi connectivity index (χ1n) is 12.8. The van der Waals surface area contributed by atoms with Gasteiger partial charge in [-0.25, -0.2) is 19.2 Å². The van der Waals surface area contributed by atoms with E-state index in [2.05, 4.69) is 15.6 Å². The van der Waals surface area contributed by atoms with E-state index in [-0.39, 0.29) is 40.0 Å². The number of piperidine rings is 1. The summed E-state index contributed by atoms with van der Waals surface area (Å²) in [7, 11) is 1.37. The number of nitrogens with one attached hydrogen (secondary N) is 2. The second-order valence-corrected chi connectivity index (χ2v) is 10.7. The van der Waals surface area contributed by atoms with Crippen LogP contribution < -0.4 is 16.4 Å². The third-order valence-electron chi connectivity index (χ3n) is 7.33. The maximum atomic E-state index is 13.8. The van der Waals surface area contributed by atoms with Gasteiger partial charge < -0.3 is 26.0 Å². The molecule has 1 saturated carbocycles. The Morgan fingerprint density at radius 3 is 2.51 bits per heavy atom. The molecule has 14 heteroatoms. The molecule has 2 aromatic heterocycles. The highest BCUT2D eigenvalue weighted by atomic mass is 35.5. The summed E-state index contributed by atoms with van der Waals surface area (Å²) in [6, 6.07) is 2.25. The summed E-state index contributed by atoms with van der Waals surface area (Å²) in [6.45, 7) is 1.11. The molecule has 208 valence electrons. The molecule has 1 aliphatic heterocycles. The van der Waals surface area contributed by atoms with Crippen molar-refractivity contribution in [1.82, 2.24) is 24.4 Å². The number of aromatic nitrogens is 4. The number of carbonyl (C=O) groups excluding carboxylic acids is 2. The molecule has 3 heterocycles. The number of anilines is 3. The van der Waals surface area contributed by atoms with Gasteiger partial charge in [-0.05, 0) is 50.7 Å². The molecule has 0 spiro atoms. The van der Waals surface area contributed by atoms with Crippen molar-refractivity contribution >= 4 is 64.0 Å². The summed E-state index contributed by atoms with van der Waals surface area (Å²) in [4.78, 5) is 39.4. The van der Waals surface area contributed by atoms with E-state index < -0.39 is 5.82 Å². The first-order chi connectivity index (χ1) is 18.7. The monoisotopic (exact) mass is 578 g/mol. The number of methoxy groups -OCH3 is 1. The Balaban J connectivity index is 1.48. The topological polar surface area (TPSA) is 140 Å². The second kappa shape index (κ2) is 11.4. The molecule has 3 aromatic rings. The fourth-order valence-electron chi connectivity index (χ4n) is 5.36. The number of halogens is 3. The molecular weight excluding hydrogens is 550 g/mol. The van der Waals surface area contributed by atoms with Crippen molar-refractivity contribution in [2.24, 2.45) is 11.7 Å². The molecule has 4 N–H and O–H groups in total. The van der Waals surface area contributed by atoms with Gasteiger partial charge in [-0.2, -0.15) is 4.98 Å². The molecule has 39 heavy (non-hydrogen) atoms. The number of ether oxygens (including phenoxy) is 1. The van der Waals surface area contributed by atoms with Crippen molar-refractivity contribution in [2.45, 2.75) is 50.6 Å². The lowest BCUT2D eigenvalue weighted by Crippen LogP contribution is -2.45. The molecule has 2 fully saturated rings. The molecule has 1 aromatic carbocycles. The first-order valence-corrected chi connectivity index (χ1v) is 13.5. The number of nitrogens with two attached hydrogens (primary N) is 1. The zero-order chi connectivity index (χ0) is 27.7. The average molecular weight is 579 g/mol. The van der Waals surface area contributed by atoms with Crippen LogP contribution in [0.4, 0.5) is 26.8 Å². The van der Waals surface area contributed by atoms with Gasteiger partial charge in [0.25, 0.3) is 0 Å². The summed E-state index contributed by atoms with van der Waals surface area (Å²) in [6.07, 6.45) is 5.57. The van der Waals surface area contributed by atoms with Crippen LogP contribution in [-0.4, -0.2) is 62.7 Å². The summed E-state index contributed by atoms with van der Waals surface area (Å²) >= 11 is 12.6. The van der Waals surface area contributed by atoms with Crippen LogP contribution in [0.15, 0.2) is 18.3 Å². The summed E-state index contributed by atoms with van der Waals surface area (Å²) in [5.74, 6) is -0.206. The Labute approximate surface area is 234 Å². The smallest absolute Gasteiger partial charge is 0.409 e. The lowest BCUT2D eigenvalue weighted by molar-refractivity contribution is -0.122. The summed E-state index contributed by atoms with van der Waals surface area (Å²) in [5.41, 5.74) is 6.98. The van der Waals surface area contributed by atoms with E-state index >= 15 is 0 Å². The van der Waals surface area contributed by atoms with E-state index in [0.717, 1.165) is 12.8 Å². The minimum atomic E-state index is -0.552.